The number of hydrogen-bond acceptors (Lipinski definition) is 6. The highest BCUT2D eigenvalue weighted by Crippen LogP contribution is 2.40. The smallest absolute Gasteiger partial charge is 0.203 e. The number of rotatable bonds is 8. The molecular formula is C23H31NO5. The topological polar surface area (TPSA) is 60.4 Å². The summed E-state index contributed by atoms with van der Waals surface area (Å²) in [5.41, 5.74) is 3.48. The summed E-state index contributed by atoms with van der Waals surface area (Å²) in [4.78, 5) is 2.45. The monoisotopic (exact) mass is 401 g/mol. The van der Waals surface area contributed by atoms with Crippen molar-refractivity contribution < 1.29 is 24.1 Å². The van der Waals surface area contributed by atoms with Gasteiger partial charge in [-0.05, 0) is 60.7 Å². The number of nitrogens with zero attached hydrogens (tertiary/aromatic N) is 1. The molecule has 1 atom stereocenters. The molecule has 2 aromatic carbocycles. The van der Waals surface area contributed by atoms with Crippen LogP contribution < -0.4 is 18.9 Å². The molecule has 2 aromatic rings. The van der Waals surface area contributed by atoms with Crippen molar-refractivity contribution in [2.75, 3.05) is 27.9 Å². The molecule has 1 heterocycles. The number of phenols is 1. The molecule has 6 heteroatoms. The van der Waals surface area contributed by atoms with Gasteiger partial charge in [-0.25, -0.2) is 0 Å². The third-order valence-electron chi connectivity index (χ3n) is 5.51. The zero-order valence-electron chi connectivity index (χ0n) is 17.9. The predicted molar refractivity (Wildman–Crippen MR) is 112 cm³/mol. The number of benzene rings is 2. The number of hydrogen-bond donors (Lipinski definition) is 1. The maximum atomic E-state index is 10.1. The standard InChI is InChI=1S/C23H31NO5/c1-6-18-10-16-11-19(25)20(26-3)12-17(16)14-24(18)13-15-8-21(27-4)23(29-7-2)22(9-15)28-5/h8-9,11-12,18,25H,6-7,10,13-14H2,1-5H3. The van der Waals surface area contributed by atoms with Crippen molar-refractivity contribution in [1.29, 1.82) is 0 Å². The summed E-state index contributed by atoms with van der Waals surface area (Å²) in [6.45, 7) is 6.24. The number of phenolic OH excluding ortho intramolecular Hbond substituents is 1. The molecule has 29 heavy (non-hydrogen) atoms. The molecule has 1 aliphatic heterocycles. The molecular weight excluding hydrogens is 370 g/mol. The van der Waals surface area contributed by atoms with Crippen LogP contribution >= 0.6 is 0 Å². The van der Waals surface area contributed by atoms with E-state index in [1.807, 2.05) is 31.2 Å². The van der Waals surface area contributed by atoms with Gasteiger partial charge in [0.2, 0.25) is 5.75 Å². The van der Waals surface area contributed by atoms with Crippen molar-refractivity contribution in [1.82, 2.24) is 4.90 Å². The normalized spacial score (nSPS) is 16.2. The summed E-state index contributed by atoms with van der Waals surface area (Å²) in [7, 11) is 4.87. The predicted octanol–water partition coefficient (Wildman–Crippen LogP) is 4.15. The van der Waals surface area contributed by atoms with Gasteiger partial charge in [0.05, 0.1) is 27.9 Å². The molecule has 0 bridgehead atoms. The first-order valence-corrected chi connectivity index (χ1v) is 10.0. The van der Waals surface area contributed by atoms with E-state index in [9.17, 15) is 5.11 Å². The zero-order chi connectivity index (χ0) is 21.0. The van der Waals surface area contributed by atoms with Crippen molar-refractivity contribution in [2.45, 2.75) is 45.8 Å². The lowest BCUT2D eigenvalue weighted by molar-refractivity contribution is 0.157. The molecule has 0 amide bonds. The molecule has 0 fully saturated rings. The van der Waals surface area contributed by atoms with Crippen molar-refractivity contribution in [3.8, 4) is 28.7 Å². The van der Waals surface area contributed by atoms with Crippen LogP contribution in [0.25, 0.3) is 0 Å². The summed E-state index contributed by atoms with van der Waals surface area (Å²) in [6, 6.07) is 8.22. The Morgan fingerprint density at radius 2 is 1.59 bits per heavy atom. The molecule has 0 aliphatic carbocycles. The first-order chi connectivity index (χ1) is 14.0. The van der Waals surface area contributed by atoms with Crippen molar-refractivity contribution in [3.63, 3.8) is 0 Å². The van der Waals surface area contributed by atoms with Gasteiger partial charge in [0.15, 0.2) is 23.0 Å². The van der Waals surface area contributed by atoms with Crippen LogP contribution in [0.1, 0.15) is 37.0 Å². The second kappa shape index (κ2) is 9.27. The fraction of sp³-hybridized carbons (Fsp3) is 0.478. The van der Waals surface area contributed by atoms with E-state index in [0.717, 1.165) is 31.5 Å². The van der Waals surface area contributed by atoms with Crippen LogP contribution in [0.5, 0.6) is 28.7 Å². The summed E-state index contributed by atoms with van der Waals surface area (Å²) in [6.07, 6.45) is 1.92. The van der Waals surface area contributed by atoms with E-state index in [1.54, 1.807) is 21.3 Å². The van der Waals surface area contributed by atoms with E-state index >= 15 is 0 Å². The molecule has 1 aliphatic rings. The lowest BCUT2D eigenvalue weighted by Gasteiger charge is -2.37. The van der Waals surface area contributed by atoms with Gasteiger partial charge in [-0.15, -0.1) is 0 Å². The van der Waals surface area contributed by atoms with Gasteiger partial charge in [0.25, 0.3) is 0 Å². The van der Waals surface area contributed by atoms with Crippen LogP contribution in [0, 0.1) is 0 Å². The SMILES string of the molecule is CCOc1c(OC)cc(CN2Cc3cc(OC)c(O)cc3CC2CC)cc1OC. The Bertz CT molecular complexity index is 826. The Morgan fingerprint density at radius 3 is 2.14 bits per heavy atom. The van der Waals surface area contributed by atoms with Gasteiger partial charge in [-0.2, -0.15) is 0 Å². The Hall–Kier alpha value is -2.60. The van der Waals surface area contributed by atoms with E-state index < -0.39 is 0 Å². The number of aromatic hydroxyl groups is 1. The number of methoxy groups -OCH3 is 3. The zero-order valence-corrected chi connectivity index (χ0v) is 17.9. The van der Waals surface area contributed by atoms with Gasteiger partial charge < -0.3 is 24.1 Å². The Kier molecular flexibility index (Phi) is 6.75. The lowest BCUT2D eigenvalue weighted by Crippen LogP contribution is -2.39. The summed E-state index contributed by atoms with van der Waals surface area (Å²) < 4.78 is 22.1. The lowest BCUT2D eigenvalue weighted by atomic mass is 9.91. The maximum absolute atomic E-state index is 10.1. The molecule has 1 N–H and O–H groups in total. The van der Waals surface area contributed by atoms with Crippen LogP contribution in [-0.4, -0.2) is 44.0 Å². The number of fused-ring (bicyclic) bond motifs is 1. The van der Waals surface area contributed by atoms with Gasteiger partial charge in [-0.3, -0.25) is 4.90 Å². The molecule has 0 aromatic heterocycles. The van der Waals surface area contributed by atoms with Gasteiger partial charge in [0, 0.05) is 19.1 Å². The molecule has 3 rings (SSSR count). The largest absolute Gasteiger partial charge is 0.504 e. The van der Waals surface area contributed by atoms with Crippen LogP contribution in [0.3, 0.4) is 0 Å². The highest BCUT2D eigenvalue weighted by molar-refractivity contribution is 5.54. The van der Waals surface area contributed by atoms with Crippen LogP contribution in [-0.2, 0) is 19.5 Å². The highest BCUT2D eigenvalue weighted by atomic mass is 16.5. The van der Waals surface area contributed by atoms with E-state index in [0.29, 0.717) is 35.6 Å². The molecule has 0 saturated carbocycles. The molecule has 0 saturated heterocycles. The first-order valence-electron chi connectivity index (χ1n) is 10.0. The molecule has 0 radical (unpaired) electrons. The second-order valence-electron chi connectivity index (χ2n) is 7.23. The van der Waals surface area contributed by atoms with Gasteiger partial charge in [0.1, 0.15) is 0 Å². The van der Waals surface area contributed by atoms with Crippen molar-refractivity contribution in [3.05, 3.63) is 41.0 Å². The van der Waals surface area contributed by atoms with Crippen LogP contribution in [0.2, 0.25) is 0 Å². The number of ether oxygens (including phenoxy) is 4. The van der Waals surface area contributed by atoms with E-state index in [1.165, 1.54) is 11.1 Å². The van der Waals surface area contributed by atoms with E-state index in [-0.39, 0.29) is 5.75 Å². The minimum absolute atomic E-state index is 0.204. The molecule has 6 nitrogen and oxygen atoms in total. The van der Waals surface area contributed by atoms with Crippen LogP contribution in [0.15, 0.2) is 24.3 Å². The Morgan fingerprint density at radius 1 is 0.931 bits per heavy atom. The fourth-order valence-corrected chi connectivity index (χ4v) is 4.02. The maximum Gasteiger partial charge on any atom is 0.203 e. The van der Waals surface area contributed by atoms with E-state index in [4.69, 9.17) is 18.9 Å². The average Bonchev–Trinajstić information content (AvgIpc) is 2.73. The highest BCUT2D eigenvalue weighted by Gasteiger charge is 2.27. The quantitative estimate of drug-likeness (QED) is 0.717. The summed E-state index contributed by atoms with van der Waals surface area (Å²) >= 11 is 0. The minimum Gasteiger partial charge on any atom is -0.504 e. The third-order valence-corrected chi connectivity index (χ3v) is 5.51. The van der Waals surface area contributed by atoms with Crippen molar-refractivity contribution >= 4 is 0 Å². The molecule has 0 spiro atoms. The fourth-order valence-electron chi connectivity index (χ4n) is 4.02. The second-order valence-corrected chi connectivity index (χ2v) is 7.23. The summed E-state index contributed by atoms with van der Waals surface area (Å²) in [5, 5.41) is 10.1. The van der Waals surface area contributed by atoms with E-state index in [2.05, 4.69) is 11.8 Å². The molecule has 158 valence electrons. The Balaban J connectivity index is 1.90. The molecule has 1 unspecified atom stereocenters. The Labute approximate surface area is 173 Å². The summed E-state index contributed by atoms with van der Waals surface area (Å²) in [5.74, 6) is 2.72. The van der Waals surface area contributed by atoms with Gasteiger partial charge >= 0.3 is 0 Å². The van der Waals surface area contributed by atoms with Crippen molar-refractivity contribution in [2.24, 2.45) is 0 Å². The first kappa shape index (κ1) is 21.1. The average molecular weight is 402 g/mol. The third kappa shape index (κ3) is 4.37. The van der Waals surface area contributed by atoms with Gasteiger partial charge in [-0.1, -0.05) is 6.92 Å². The minimum atomic E-state index is 0.204. The van der Waals surface area contributed by atoms with Crippen LogP contribution in [0.4, 0.5) is 0 Å².